The van der Waals surface area contributed by atoms with Crippen molar-refractivity contribution < 1.29 is 13.9 Å². The molecule has 116 valence electrons. The lowest BCUT2D eigenvalue weighted by atomic mass is 10.1. The molecule has 1 N–H and O–H groups in total. The smallest absolute Gasteiger partial charge is 0.254 e. The van der Waals surface area contributed by atoms with Crippen molar-refractivity contribution in [2.24, 2.45) is 0 Å². The second-order valence-electron chi connectivity index (χ2n) is 5.11. The normalized spacial score (nSPS) is 10.3. The Bertz CT molecular complexity index is 734. The van der Waals surface area contributed by atoms with E-state index in [-0.39, 0.29) is 5.91 Å². The summed E-state index contributed by atoms with van der Waals surface area (Å²) >= 11 is 0. The van der Waals surface area contributed by atoms with Crippen molar-refractivity contribution >= 4 is 5.91 Å². The lowest BCUT2D eigenvalue weighted by molar-refractivity contribution is 0.0950. The van der Waals surface area contributed by atoms with Crippen LogP contribution in [-0.2, 0) is 13.2 Å². The molecule has 0 spiro atoms. The van der Waals surface area contributed by atoms with E-state index >= 15 is 0 Å². The van der Waals surface area contributed by atoms with Crippen molar-refractivity contribution in [3.05, 3.63) is 89.9 Å². The number of ether oxygens (including phenoxy) is 1. The number of furan rings is 1. The van der Waals surface area contributed by atoms with E-state index in [1.807, 2.05) is 54.6 Å². The Labute approximate surface area is 134 Å². The lowest BCUT2D eigenvalue weighted by Crippen LogP contribution is -2.22. The highest BCUT2D eigenvalue weighted by molar-refractivity contribution is 5.93. The van der Waals surface area contributed by atoms with E-state index in [1.54, 1.807) is 6.07 Å². The van der Waals surface area contributed by atoms with Crippen LogP contribution in [0.3, 0.4) is 0 Å². The molecule has 2 aromatic carbocycles. The maximum atomic E-state index is 11.8. The molecular weight excluding hydrogens is 290 g/mol. The van der Waals surface area contributed by atoms with Gasteiger partial charge in [-0.05, 0) is 29.3 Å². The van der Waals surface area contributed by atoms with Crippen molar-refractivity contribution in [1.29, 1.82) is 0 Å². The summed E-state index contributed by atoms with van der Waals surface area (Å²) in [6.45, 7) is 0.996. The second kappa shape index (κ2) is 7.31. The molecule has 0 aliphatic rings. The number of rotatable bonds is 6. The van der Waals surface area contributed by atoms with Crippen LogP contribution in [0.5, 0.6) is 5.75 Å². The molecule has 3 rings (SSSR count). The molecule has 1 aromatic heterocycles. The van der Waals surface area contributed by atoms with Gasteiger partial charge in [0.1, 0.15) is 18.6 Å². The highest BCUT2D eigenvalue weighted by Crippen LogP contribution is 2.12. The van der Waals surface area contributed by atoms with Gasteiger partial charge in [-0.1, -0.05) is 42.5 Å². The van der Waals surface area contributed by atoms with Gasteiger partial charge in [-0.2, -0.15) is 0 Å². The topological polar surface area (TPSA) is 51.5 Å². The minimum Gasteiger partial charge on any atom is -0.489 e. The van der Waals surface area contributed by atoms with Gasteiger partial charge in [0.2, 0.25) is 0 Å². The third-order valence-electron chi connectivity index (χ3n) is 3.41. The SMILES string of the molecule is O=C(NCc1ccc(COc2ccccc2)cc1)c1ccoc1. The summed E-state index contributed by atoms with van der Waals surface area (Å²) in [5.41, 5.74) is 2.64. The van der Waals surface area contributed by atoms with E-state index in [0.29, 0.717) is 18.7 Å². The van der Waals surface area contributed by atoms with Gasteiger partial charge < -0.3 is 14.5 Å². The number of nitrogens with one attached hydrogen (secondary N) is 1. The average molecular weight is 307 g/mol. The Morgan fingerprint density at radius 3 is 2.39 bits per heavy atom. The standard InChI is InChI=1S/C19H17NO3/c21-19(17-10-11-22-14-17)20-12-15-6-8-16(9-7-15)13-23-18-4-2-1-3-5-18/h1-11,14H,12-13H2,(H,20,21). The molecular formula is C19H17NO3. The zero-order valence-corrected chi connectivity index (χ0v) is 12.6. The minimum absolute atomic E-state index is 0.143. The Kier molecular flexibility index (Phi) is 4.74. The second-order valence-corrected chi connectivity index (χ2v) is 5.11. The zero-order chi connectivity index (χ0) is 15.9. The largest absolute Gasteiger partial charge is 0.489 e. The first kappa shape index (κ1) is 14.9. The molecule has 23 heavy (non-hydrogen) atoms. The first-order valence-corrected chi connectivity index (χ1v) is 7.37. The molecule has 0 aliphatic heterocycles. The Morgan fingerprint density at radius 2 is 1.70 bits per heavy atom. The summed E-state index contributed by atoms with van der Waals surface area (Å²) in [6.07, 6.45) is 2.91. The number of carbonyl (C=O) groups is 1. The maximum Gasteiger partial charge on any atom is 0.254 e. The molecule has 0 saturated heterocycles. The van der Waals surface area contributed by atoms with E-state index in [4.69, 9.17) is 9.15 Å². The summed E-state index contributed by atoms with van der Waals surface area (Å²) < 4.78 is 10.6. The van der Waals surface area contributed by atoms with Crippen LogP contribution in [0.25, 0.3) is 0 Å². The fourth-order valence-corrected chi connectivity index (χ4v) is 2.11. The molecule has 1 heterocycles. The van der Waals surface area contributed by atoms with Crippen molar-refractivity contribution in [3.8, 4) is 5.75 Å². The van der Waals surface area contributed by atoms with Crippen molar-refractivity contribution in [3.63, 3.8) is 0 Å². The number of carbonyl (C=O) groups excluding carboxylic acids is 1. The number of benzene rings is 2. The molecule has 0 aliphatic carbocycles. The highest BCUT2D eigenvalue weighted by Gasteiger charge is 2.06. The highest BCUT2D eigenvalue weighted by atomic mass is 16.5. The van der Waals surface area contributed by atoms with Gasteiger partial charge in [0.15, 0.2) is 0 Å². The van der Waals surface area contributed by atoms with Crippen LogP contribution in [0.4, 0.5) is 0 Å². The van der Waals surface area contributed by atoms with Gasteiger partial charge in [0, 0.05) is 6.54 Å². The minimum atomic E-state index is -0.143. The predicted octanol–water partition coefficient (Wildman–Crippen LogP) is 3.79. The molecule has 0 radical (unpaired) electrons. The van der Waals surface area contributed by atoms with Gasteiger partial charge in [-0.25, -0.2) is 0 Å². The molecule has 3 aromatic rings. The molecule has 0 unspecified atom stereocenters. The molecule has 0 atom stereocenters. The van der Waals surface area contributed by atoms with Gasteiger partial charge in [0.05, 0.1) is 11.8 Å². The molecule has 0 fully saturated rings. The van der Waals surface area contributed by atoms with E-state index in [0.717, 1.165) is 16.9 Å². The van der Waals surface area contributed by atoms with E-state index in [1.165, 1.54) is 12.5 Å². The Morgan fingerprint density at radius 1 is 0.957 bits per heavy atom. The van der Waals surface area contributed by atoms with Crippen molar-refractivity contribution in [1.82, 2.24) is 5.32 Å². The summed E-state index contributed by atoms with van der Waals surface area (Å²) in [5.74, 6) is 0.708. The fourth-order valence-electron chi connectivity index (χ4n) is 2.11. The zero-order valence-electron chi connectivity index (χ0n) is 12.6. The third kappa shape index (κ3) is 4.23. The van der Waals surface area contributed by atoms with Crippen molar-refractivity contribution in [2.75, 3.05) is 0 Å². The predicted molar refractivity (Wildman–Crippen MR) is 87.1 cm³/mol. The van der Waals surface area contributed by atoms with E-state index < -0.39 is 0 Å². The van der Waals surface area contributed by atoms with E-state index in [9.17, 15) is 4.79 Å². The molecule has 4 heteroatoms. The van der Waals surface area contributed by atoms with Crippen LogP contribution >= 0.6 is 0 Å². The number of hydrogen-bond acceptors (Lipinski definition) is 3. The summed E-state index contributed by atoms with van der Waals surface area (Å²) in [7, 11) is 0. The lowest BCUT2D eigenvalue weighted by Gasteiger charge is -2.08. The third-order valence-corrected chi connectivity index (χ3v) is 3.41. The number of hydrogen-bond donors (Lipinski definition) is 1. The van der Waals surface area contributed by atoms with Gasteiger partial charge in [0.25, 0.3) is 5.91 Å². The first-order chi connectivity index (χ1) is 11.3. The van der Waals surface area contributed by atoms with Crippen LogP contribution in [-0.4, -0.2) is 5.91 Å². The average Bonchev–Trinajstić information content (AvgIpc) is 3.14. The monoisotopic (exact) mass is 307 g/mol. The van der Waals surface area contributed by atoms with Crippen LogP contribution in [0.2, 0.25) is 0 Å². The van der Waals surface area contributed by atoms with Gasteiger partial charge in [-0.15, -0.1) is 0 Å². The van der Waals surface area contributed by atoms with Gasteiger partial charge >= 0.3 is 0 Å². The molecule has 0 saturated carbocycles. The van der Waals surface area contributed by atoms with E-state index in [2.05, 4.69) is 5.32 Å². The van der Waals surface area contributed by atoms with Crippen LogP contribution in [0, 0.1) is 0 Å². The number of para-hydroxylation sites is 1. The van der Waals surface area contributed by atoms with Crippen LogP contribution in [0.15, 0.2) is 77.6 Å². The van der Waals surface area contributed by atoms with Crippen LogP contribution < -0.4 is 10.1 Å². The molecule has 1 amide bonds. The first-order valence-electron chi connectivity index (χ1n) is 7.37. The summed E-state index contributed by atoms with van der Waals surface area (Å²) in [6, 6.07) is 19.3. The summed E-state index contributed by atoms with van der Waals surface area (Å²) in [5, 5.41) is 2.85. The van der Waals surface area contributed by atoms with Crippen molar-refractivity contribution in [2.45, 2.75) is 13.2 Å². The van der Waals surface area contributed by atoms with Crippen LogP contribution in [0.1, 0.15) is 21.5 Å². The Balaban J connectivity index is 1.50. The Hall–Kier alpha value is -3.01. The quantitative estimate of drug-likeness (QED) is 0.754. The molecule has 0 bridgehead atoms. The fraction of sp³-hybridized carbons (Fsp3) is 0.105. The maximum absolute atomic E-state index is 11.8. The summed E-state index contributed by atoms with van der Waals surface area (Å²) in [4.78, 5) is 11.8. The molecule has 4 nitrogen and oxygen atoms in total. The van der Waals surface area contributed by atoms with Gasteiger partial charge in [-0.3, -0.25) is 4.79 Å². The number of amides is 1.